The van der Waals surface area contributed by atoms with Crippen LogP contribution < -0.4 is 11.1 Å². The number of nitrogens with two attached hydrogens (primary N) is 1. The highest BCUT2D eigenvalue weighted by molar-refractivity contribution is 9.10. The number of nitrogens with one attached hydrogen (secondary N) is 1. The Balaban J connectivity index is 1.42. The number of nitrogen functional groups attached to an aromatic ring is 1. The van der Waals surface area contributed by atoms with E-state index in [-0.39, 0.29) is 31.1 Å². The molecule has 0 radical (unpaired) electrons. The minimum atomic E-state index is -0.340. The van der Waals surface area contributed by atoms with Crippen molar-refractivity contribution < 1.29 is 9.59 Å². The number of halogens is 1. The molecule has 4 rings (SSSR count). The molecule has 3 aromatic rings. The van der Waals surface area contributed by atoms with Crippen LogP contribution in [0.25, 0.3) is 0 Å². The Bertz CT molecular complexity index is 1150. The second kappa shape index (κ2) is 10.7. The first-order valence-electron chi connectivity index (χ1n) is 11.2. The molecule has 1 aliphatic heterocycles. The molecule has 0 spiro atoms. The van der Waals surface area contributed by atoms with Gasteiger partial charge in [0.1, 0.15) is 5.69 Å². The second-order valence-corrected chi connectivity index (χ2v) is 9.26. The Hall–Kier alpha value is -3.40. The number of amides is 3. The molecule has 1 saturated heterocycles. The second-order valence-electron chi connectivity index (χ2n) is 8.41. The smallest absolute Gasteiger partial charge is 0.318 e. The van der Waals surface area contributed by atoms with Gasteiger partial charge in [0.05, 0.1) is 19.1 Å². The van der Waals surface area contributed by atoms with Crippen LogP contribution in [0.5, 0.6) is 0 Å². The number of anilines is 1. The number of likely N-dealkylation sites (tertiary alicyclic amines) is 1. The molecule has 2 heterocycles. The van der Waals surface area contributed by atoms with E-state index in [1.54, 1.807) is 35.0 Å². The zero-order valence-electron chi connectivity index (χ0n) is 19.0. The Kier molecular flexibility index (Phi) is 7.46. The number of hydrogen-bond acceptors (Lipinski definition) is 5. The molecule has 3 N–H and O–H groups in total. The summed E-state index contributed by atoms with van der Waals surface area (Å²) < 4.78 is 2.58. The molecule has 2 aromatic carbocycles. The quantitative estimate of drug-likeness (QED) is 0.460. The van der Waals surface area contributed by atoms with Gasteiger partial charge in [0.15, 0.2) is 0 Å². The van der Waals surface area contributed by atoms with Crippen LogP contribution in [0.15, 0.2) is 59.2 Å². The highest BCUT2D eigenvalue weighted by Gasteiger charge is 2.31. The van der Waals surface area contributed by atoms with Crippen LogP contribution in [0.1, 0.15) is 35.7 Å². The Morgan fingerprint density at radius 3 is 2.65 bits per heavy atom. The fourth-order valence-electron chi connectivity index (χ4n) is 4.20. The van der Waals surface area contributed by atoms with Gasteiger partial charge in [-0.05, 0) is 42.2 Å². The molecule has 1 fully saturated rings. The third-order valence-electron chi connectivity index (χ3n) is 5.87. The standard InChI is InChI=1S/C24H28BrN7O2/c1-30-15-19(28-29-30)16-31(14-17-8-10-18(26)11-9-17)24(34)27-13-23(33)32-12-4-7-22(32)20-5-2-3-6-21(20)25/h2-3,5-6,8-11,15,22H,4,7,12-14,16,26H2,1H3,(H,27,34)/t22-/m1/s1. The molecular weight excluding hydrogens is 498 g/mol. The van der Waals surface area contributed by atoms with Crippen molar-refractivity contribution in [1.82, 2.24) is 30.1 Å². The van der Waals surface area contributed by atoms with Gasteiger partial charge in [-0.2, -0.15) is 0 Å². The van der Waals surface area contributed by atoms with Gasteiger partial charge in [-0.25, -0.2) is 4.79 Å². The van der Waals surface area contributed by atoms with Crippen molar-refractivity contribution in [2.24, 2.45) is 7.05 Å². The normalized spacial score (nSPS) is 15.4. The predicted octanol–water partition coefficient (Wildman–Crippen LogP) is 3.24. The van der Waals surface area contributed by atoms with Gasteiger partial charge in [-0.1, -0.05) is 51.5 Å². The lowest BCUT2D eigenvalue weighted by Crippen LogP contribution is -2.45. The Morgan fingerprint density at radius 1 is 1.18 bits per heavy atom. The number of benzene rings is 2. The first kappa shape index (κ1) is 23.7. The van der Waals surface area contributed by atoms with Crippen molar-refractivity contribution in [2.75, 3.05) is 18.8 Å². The van der Waals surface area contributed by atoms with Crippen molar-refractivity contribution in [3.8, 4) is 0 Å². The fourth-order valence-corrected chi connectivity index (χ4v) is 4.75. The van der Waals surface area contributed by atoms with Crippen LogP contribution in [0.3, 0.4) is 0 Å². The Morgan fingerprint density at radius 2 is 1.94 bits per heavy atom. The average molecular weight is 526 g/mol. The van der Waals surface area contributed by atoms with E-state index >= 15 is 0 Å². The lowest BCUT2D eigenvalue weighted by Gasteiger charge is -2.27. The maximum absolute atomic E-state index is 13.1. The van der Waals surface area contributed by atoms with Crippen LogP contribution in [-0.4, -0.2) is 49.8 Å². The lowest BCUT2D eigenvalue weighted by molar-refractivity contribution is -0.131. The highest BCUT2D eigenvalue weighted by Crippen LogP contribution is 2.35. The van der Waals surface area contributed by atoms with Crippen molar-refractivity contribution in [3.05, 3.63) is 76.0 Å². The largest absolute Gasteiger partial charge is 0.399 e. The van der Waals surface area contributed by atoms with E-state index in [1.165, 1.54) is 0 Å². The molecule has 0 unspecified atom stereocenters. The fraction of sp³-hybridized carbons (Fsp3) is 0.333. The van der Waals surface area contributed by atoms with E-state index in [1.807, 2.05) is 41.3 Å². The predicted molar refractivity (Wildman–Crippen MR) is 132 cm³/mol. The number of carbonyl (C=O) groups is 2. The molecule has 10 heteroatoms. The molecule has 9 nitrogen and oxygen atoms in total. The maximum Gasteiger partial charge on any atom is 0.318 e. The topological polar surface area (TPSA) is 109 Å². The molecule has 1 aromatic heterocycles. The number of aryl methyl sites for hydroxylation is 1. The summed E-state index contributed by atoms with van der Waals surface area (Å²) in [5.41, 5.74) is 9.12. The molecule has 0 aliphatic carbocycles. The van der Waals surface area contributed by atoms with E-state index in [4.69, 9.17) is 5.73 Å². The Labute approximate surface area is 207 Å². The van der Waals surface area contributed by atoms with Crippen LogP contribution in [0.4, 0.5) is 10.5 Å². The number of aromatic nitrogens is 3. The van der Waals surface area contributed by atoms with E-state index in [0.717, 1.165) is 28.4 Å². The van der Waals surface area contributed by atoms with Gasteiger partial charge in [0, 0.05) is 36.5 Å². The number of urea groups is 1. The molecule has 1 aliphatic rings. The third-order valence-corrected chi connectivity index (χ3v) is 6.59. The summed E-state index contributed by atoms with van der Waals surface area (Å²) in [4.78, 5) is 29.6. The summed E-state index contributed by atoms with van der Waals surface area (Å²) in [6.07, 6.45) is 3.60. The molecule has 0 saturated carbocycles. The molecule has 3 amide bonds. The van der Waals surface area contributed by atoms with Crippen molar-refractivity contribution in [2.45, 2.75) is 32.0 Å². The molecule has 178 valence electrons. The van der Waals surface area contributed by atoms with E-state index in [2.05, 4.69) is 31.6 Å². The summed E-state index contributed by atoms with van der Waals surface area (Å²) in [6.45, 7) is 1.22. The summed E-state index contributed by atoms with van der Waals surface area (Å²) in [6, 6.07) is 15.0. The van der Waals surface area contributed by atoms with Crippen molar-refractivity contribution >= 4 is 33.6 Å². The van der Waals surface area contributed by atoms with Gasteiger partial charge in [-0.15, -0.1) is 5.10 Å². The average Bonchev–Trinajstić information content (AvgIpc) is 3.47. The first-order chi connectivity index (χ1) is 16.4. The lowest BCUT2D eigenvalue weighted by atomic mass is 10.0. The summed E-state index contributed by atoms with van der Waals surface area (Å²) in [5.74, 6) is -0.0986. The SMILES string of the molecule is Cn1cc(CN(Cc2ccc(N)cc2)C(=O)NCC(=O)N2CCC[C@@H]2c2ccccc2Br)nn1. The van der Waals surface area contributed by atoms with Crippen LogP contribution in [-0.2, 0) is 24.9 Å². The summed E-state index contributed by atoms with van der Waals surface area (Å²) in [7, 11) is 1.77. The van der Waals surface area contributed by atoms with Gasteiger partial charge >= 0.3 is 6.03 Å². The zero-order chi connectivity index (χ0) is 24.1. The first-order valence-corrected chi connectivity index (χ1v) is 12.0. The number of hydrogen-bond donors (Lipinski definition) is 2. The van der Waals surface area contributed by atoms with E-state index in [0.29, 0.717) is 24.5 Å². The third kappa shape index (κ3) is 5.74. The minimum absolute atomic E-state index is 0.00505. The molecule has 34 heavy (non-hydrogen) atoms. The van der Waals surface area contributed by atoms with Crippen LogP contribution >= 0.6 is 15.9 Å². The van der Waals surface area contributed by atoms with Gasteiger partial charge < -0.3 is 20.9 Å². The maximum atomic E-state index is 13.1. The van der Waals surface area contributed by atoms with E-state index < -0.39 is 0 Å². The molecular formula is C24H28BrN7O2. The molecule has 0 bridgehead atoms. The highest BCUT2D eigenvalue weighted by atomic mass is 79.9. The van der Waals surface area contributed by atoms with Crippen molar-refractivity contribution in [1.29, 1.82) is 0 Å². The molecule has 1 atom stereocenters. The summed E-state index contributed by atoms with van der Waals surface area (Å²) in [5, 5.41) is 10.9. The number of rotatable bonds is 7. The minimum Gasteiger partial charge on any atom is -0.399 e. The zero-order valence-corrected chi connectivity index (χ0v) is 20.6. The van der Waals surface area contributed by atoms with Gasteiger partial charge in [0.2, 0.25) is 5.91 Å². The number of nitrogens with zero attached hydrogens (tertiary/aromatic N) is 5. The van der Waals surface area contributed by atoms with Gasteiger partial charge in [0.25, 0.3) is 0 Å². The summed E-state index contributed by atoms with van der Waals surface area (Å²) >= 11 is 3.60. The number of carbonyl (C=O) groups excluding carboxylic acids is 2. The van der Waals surface area contributed by atoms with Gasteiger partial charge in [-0.3, -0.25) is 9.48 Å². The van der Waals surface area contributed by atoms with Crippen LogP contribution in [0.2, 0.25) is 0 Å². The van der Waals surface area contributed by atoms with E-state index in [9.17, 15) is 9.59 Å². The van der Waals surface area contributed by atoms with Crippen molar-refractivity contribution in [3.63, 3.8) is 0 Å². The van der Waals surface area contributed by atoms with Crippen LogP contribution in [0, 0.1) is 0 Å². The monoisotopic (exact) mass is 525 g/mol.